The summed E-state index contributed by atoms with van der Waals surface area (Å²) >= 11 is 0. The van der Waals surface area contributed by atoms with Gasteiger partial charge in [-0.2, -0.15) is 0 Å². The standard InChI is InChI=1S/C40H50N4O7/c1-3-42(4-2)29-18-20-30(21-19-29)43-24-13-8-11-17-33(46)50-27-31(28-15-9-7-10-16-28)41-37(47)34-32-22-23-40(51-32)35(34)38(48)44(36(40)39(43)49)25-12-5-6-14-26-45/h7-10,13,15-16,18-23,31-32,34-36,45H,3-6,11-12,14,17,24-27H2,1-2H3,(H,41,47)/b13-8-/t31-,32-,34+,35+,36-,40+/m1/s1. The number of ether oxygens (including phenoxy) is 2. The van der Waals surface area contributed by atoms with Gasteiger partial charge in [0, 0.05) is 50.6 Å². The molecule has 2 fully saturated rings. The van der Waals surface area contributed by atoms with Gasteiger partial charge >= 0.3 is 5.97 Å². The van der Waals surface area contributed by atoms with Gasteiger partial charge in [-0.1, -0.05) is 67.5 Å². The summed E-state index contributed by atoms with van der Waals surface area (Å²) in [6, 6.07) is 15.5. The first-order valence-electron chi connectivity index (χ1n) is 18.4. The van der Waals surface area contributed by atoms with Crippen LogP contribution in [0.2, 0.25) is 0 Å². The number of carbonyl (C=O) groups is 4. The number of aliphatic hydroxyl groups excluding tert-OH is 1. The molecule has 5 bridgehead atoms. The number of cyclic esters (lactones) is 1. The number of nitrogens with one attached hydrogen (secondary N) is 1. The Morgan fingerprint density at radius 1 is 0.922 bits per heavy atom. The van der Waals surface area contributed by atoms with Gasteiger partial charge in [0.2, 0.25) is 11.8 Å². The monoisotopic (exact) mass is 698 g/mol. The third-order valence-corrected chi connectivity index (χ3v) is 10.7. The van der Waals surface area contributed by atoms with Crippen LogP contribution in [0.1, 0.15) is 64.0 Å². The highest BCUT2D eigenvalue weighted by Gasteiger charge is 2.73. The van der Waals surface area contributed by atoms with Crippen LogP contribution in [0, 0.1) is 11.8 Å². The summed E-state index contributed by atoms with van der Waals surface area (Å²) in [6.07, 6.45) is 10.1. The minimum absolute atomic E-state index is 0.0610. The van der Waals surface area contributed by atoms with Crippen molar-refractivity contribution in [3.8, 4) is 0 Å². The number of hydrogen-bond acceptors (Lipinski definition) is 8. The maximum atomic E-state index is 15.1. The van der Waals surface area contributed by atoms with E-state index in [-0.39, 0.29) is 43.9 Å². The van der Waals surface area contributed by atoms with E-state index in [2.05, 4.69) is 24.1 Å². The topological polar surface area (TPSA) is 129 Å². The molecule has 2 N–H and O–H groups in total. The highest BCUT2D eigenvalue weighted by molar-refractivity contribution is 6.05. The van der Waals surface area contributed by atoms with Crippen molar-refractivity contribution in [2.24, 2.45) is 11.8 Å². The second-order valence-electron chi connectivity index (χ2n) is 13.7. The lowest BCUT2D eigenvalue weighted by molar-refractivity contribution is -0.145. The molecule has 0 aromatic heterocycles. The molecule has 0 saturated carbocycles. The normalized spacial score (nSPS) is 28.5. The van der Waals surface area contributed by atoms with Gasteiger partial charge in [-0.05, 0) is 62.9 Å². The molecule has 6 rings (SSSR count). The van der Waals surface area contributed by atoms with Crippen LogP contribution in [0.4, 0.5) is 11.4 Å². The van der Waals surface area contributed by atoms with Crippen LogP contribution in [0.15, 0.2) is 78.9 Å². The molecular weight excluding hydrogens is 648 g/mol. The number of unbranched alkanes of at least 4 members (excludes halogenated alkanes) is 3. The Morgan fingerprint density at radius 2 is 1.67 bits per heavy atom. The minimum Gasteiger partial charge on any atom is -0.463 e. The highest BCUT2D eigenvalue weighted by Crippen LogP contribution is 2.55. The Hall–Kier alpha value is -4.48. The zero-order valence-electron chi connectivity index (χ0n) is 29.6. The van der Waals surface area contributed by atoms with E-state index >= 15 is 4.79 Å². The molecule has 3 amide bonds. The Morgan fingerprint density at radius 3 is 2.39 bits per heavy atom. The van der Waals surface area contributed by atoms with Gasteiger partial charge < -0.3 is 34.6 Å². The van der Waals surface area contributed by atoms with Crippen LogP contribution in [0.25, 0.3) is 0 Å². The maximum Gasteiger partial charge on any atom is 0.306 e. The van der Waals surface area contributed by atoms with E-state index in [9.17, 15) is 19.5 Å². The molecule has 2 aromatic rings. The van der Waals surface area contributed by atoms with Crippen molar-refractivity contribution in [3.63, 3.8) is 0 Å². The Labute approximate surface area is 300 Å². The van der Waals surface area contributed by atoms with E-state index in [1.807, 2.05) is 78.9 Å². The quantitative estimate of drug-likeness (QED) is 0.202. The van der Waals surface area contributed by atoms with Crippen LogP contribution in [-0.2, 0) is 28.7 Å². The number of likely N-dealkylation sites (tertiary alicyclic amines) is 1. The molecule has 11 nitrogen and oxygen atoms in total. The van der Waals surface area contributed by atoms with E-state index in [0.717, 1.165) is 37.2 Å². The van der Waals surface area contributed by atoms with Gasteiger partial charge in [0.25, 0.3) is 5.91 Å². The summed E-state index contributed by atoms with van der Waals surface area (Å²) in [4.78, 5) is 62.3. The minimum atomic E-state index is -1.32. The third kappa shape index (κ3) is 7.32. The molecule has 1 spiro atoms. The average Bonchev–Trinajstić information content (AvgIpc) is 3.79. The van der Waals surface area contributed by atoms with Crippen LogP contribution < -0.4 is 15.1 Å². The number of amides is 3. The summed E-state index contributed by atoms with van der Waals surface area (Å²) < 4.78 is 12.3. The Bertz CT molecular complexity index is 1610. The van der Waals surface area contributed by atoms with Crippen LogP contribution in [-0.4, -0.2) is 90.8 Å². The van der Waals surface area contributed by atoms with E-state index in [0.29, 0.717) is 31.5 Å². The molecule has 4 aliphatic rings. The van der Waals surface area contributed by atoms with Crippen molar-refractivity contribution < 1.29 is 33.8 Å². The van der Waals surface area contributed by atoms with Gasteiger partial charge in [-0.25, -0.2) is 0 Å². The van der Waals surface area contributed by atoms with E-state index < -0.39 is 41.6 Å². The zero-order chi connectivity index (χ0) is 36.0. The number of allylic oxidation sites excluding steroid dienone is 1. The molecule has 272 valence electrons. The number of hydrogen-bond donors (Lipinski definition) is 2. The molecule has 2 saturated heterocycles. The van der Waals surface area contributed by atoms with Gasteiger partial charge in [0.05, 0.1) is 24.0 Å². The van der Waals surface area contributed by atoms with Crippen molar-refractivity contribution >= 4 is 35.1 Å². The van der Waals surface area contributed by atoms with Crippen LogP contribution >= 0.6 is 0 Å². The predicted octanol–water partition coefficient (Wildman–Crippen LogP) is 4.32. The van der Waals surface area contributed by atoms with Gasteiger partial charge in [-0.3, -0.25) is 19.2 Å². The van der Waals surface area contributed by atoms with Crippen molar-refractivity contribution in [1.29, 1.82) is 0 Å². The molecule has 4 aliphatic heterocycles. The number of benzene rings is 2. The van der Waals surface area contributed by atoms with Gasteiger partial charge in [0.15, 0.2) is 0 Å². The highest BCUT2D eigenvalue weighted by atomic mass is 16.5. The van der Waals surface area contributed by atoms with Crippen LogP contribution in [0.5, 0.6) is 0 Å². The third-order valence-electron chi connectivity index (χ3n) is 10.7. The fourth-order valence-corrected chi connectivity index (χ4v) is 8.06. The predicted molar refractivity (Wildman–Crippen MR) is 194 cm³/mol. The molecule has 0 radical (unpaired) electrons. The number of aliphatic hydroxyl groups is 1. The molecular formula is C40H50N4O7. The smallest absolute Gasteiger partial charge is 0.306 e. The fourth-order valence-electron chi connectivity index (χ4n) is 8.06. The van der Waals surface area contributed by atoms with Gasteiger partial charge in [-0.15, -0.1) is 0 Å². The van der Waals surface area contributed by atoms with E-state index in [1.165, 1.54) is 0 Å². The number of anilines is 2. The summed E-state index contributed by atoms with van der Waals surface area (Å²) in [6.45, 7) is 6.45. The van der Waals surface area contributed by atoms with Crippen molar-refractivity contribution in [2.75, 3.05) is 49.2 Å². The largest absolute Gasteiger partial charge is 0.463 e. The average molecular weight is 699 g/mol. The molecule has 6 atom stereocenters. The lowest BCUT2D eigenvalue weighted by Gasteiger charge is -2.36. The van der Waals surface area contributed by atoms with E-state index in [4.69, 9.17) is 9.47 Å². The summed E-state index contributed by atoms with van der Waals surface area (Å²) in [5.74, 6) is -3.14. The number of carbonyl (C=O) groups excluding carboxylic acids is 4. The maximum absolute atomic E-state index is 15.1. The van der Waals surface area contributed by atoms with Crippen molar-refractivity contribution in [2.45, 2.75) is 76.2 Å². The molecule has 51 heavy (non-hydrogen) atoms. The number of rotatable bonds is 11. The first-order valence-corrected chi connectivity index (χ1v) is 18.4. The second-order valence-corrected chi connectivity index (χ2v) is 13.7. The first kappa shape index (κ1) is 36.3. The van der Waals surface area contributed by atoms with Crippen LogP contribution in [0.3, 0.4) is 0 Å². The molecule has 2 aromatic carbocycles. The van der Waals surface area contributed by atoms with Crippen molar-refractivity contribution in [1.82, 2.24) is 10.2 Å². The molecule has 11 heteroatoms. The number of esters is 1. The lowest BCUT2D eigenvalue weighted by Crippen LogP contribution is -2.56. The second kappa shape index (κ2) is 16.2. The summed E-state index contributed by atoms with van der Waals surface area (Å²) in [5, 5.41) is 12.4. The van der Waals surface area contributed by atoms with Gasteiger partial charge in [0.1, 0.15) is 18.2 Å². The lowest BCUT2D eigenvalue weighted by atomic mass is 9.74. The number of fused-ring (bicyclic) bond motifs is 2. The zero-order valence-corrected chi connectivity index (χ0v) is 29.6. The van der Waals surface area contributed by atoms with Crippen molar-refractivity contribution in [3.05, 3.63) is 84.5 Å². The summed E-state index contributed by atoms with van der Waals surface area (Å²) in [7, 11) is 0. The SMILES string of the molecule is CCN(CC)c1ccc(N2C/C=C\CCC(=O)OC[C@H](c3ccccc3)NC(=O)[C@@H]3[C@H]4C(=O)N(CCCCCCO)[C@H](C2=O)[C@]42C=C[C@H]3O2)cc1. The molecule has 0 unspecified atom stereocenters. The Balaban J connectivity index is 1.39. The Kier molecular flexibility index (Phi) is 11.6. The number of nitrogens with zero attached hydrogens (tertiary/aromatic N) is 3. The summed E-state index contributed by atoms with van der Waals surface area (Å²) in [5.41, 5.74) is 1.16. The molecule has 0 aliphatic carbocycles. The fraction of sp³-hybridized carbons (Fsp3) is 0.500. The molecule has 4 heterocycles. The first-order chi connectivity index (χ1) is 24.8. The van der Waals surface area contributed by atoms with E-state index in [1.54, 1.807) is 9.80 Å².